The molecule has 0 N–H and O–H groups in total. The van der Waals surface area contributed by atoms with Crippen LogP contribution in [0, 0.1) is 0 Å². The zero-order valence-corrected chi connectivity index (χ0v) is 10.7. The van der Waals surface area contributed by atoms with E-state index in [1.165, 1.54) is 4.46 Å². The van der Waals surface area contributed by atoms with Crippen molar-refractivity contribution in [3.8, 4) is 0 Å². The molecule has 0 atom stereocenters. The summed E-state index contributed by atoms with van der Waals surface area (Å²) in [4.78, 5) is 11.5. The van der Waals surface area contributed by atoms with E-state index in [2.05, 4.69) is 12.1 Å². The van der Waals surface area contributed by atoms with Gasteiger partial charge in [0.05, 0.1) is 0 Å². The Kier molecular flexibility index (Phi) is 6.06. The summed E-state index contributed by atoms with van der Waals surface area (Å²) in [5.74, 6) is 0.386. The van der Waals surface area contributed by atoms with E-state index < -0.39 is 0 Å². The van der Waals surface area contributed by atoms with Gasteiger partial charge in [-0.1, -0.05) is 0 Å². The number of hydrogen-bond donors (Lipinski definition) is 0. The summed E-state index contributed by atoms with van der Waals surface area (Å²) >= 11 is 0.314. The second kappa shape index (κ2) is 7.44. The van der Waals surface area contributed by atoms with Gasteiger partial charge in [0.15, 0.2) is 0 Å². The van der Waals surface area contributed by atoms with Crippen molar-refractivity contribution < 1.29 is 4.79 Å². The molecule has 0 heterocycles. The van der Waals surface area contributed by atoms with E-state index in [1.54, 1.807) is 0 Å². The summed E-state index contributed by atoms with van der Waals surface area (Å²) in [5.41, 5.74) is 0. The van der Waals surface area contributed by atoms with Crippen molar-refractivity contribution in [2.75, 3.05) is 0 Å². The first-order valence-electron chi connectivity index (χ1n) is 5.13. The van der Waals surface area contributed by atoms with Crippen LogP contribution in [0.25, 0.3) is 0 Å². The van der Waals surface area contributed by atoms with E-state index in [4.69, 9.17) is 0 Å². The van der Waals surface area contributed by atoms with Gasteiger partial charge in [-0.2, -0.15) is 0 Å². The Hall–Kier alpha value is -0.851. The molecule has 0 aliphatic heterocycles. The molecular formula is C13H16OSe. The Morgan fingerprint density at radius 1 is 1.33 bits per heavy atom. The molecule has 0 unspecified atom stereocenters. The summed E-state index contributed by atoms with van der Waals surface area (Å²) in [6.07, 6.45) is 5.63. The van der Waals surface area contributed by atoms with E-state index in [0.29, 0.717) is 27.2 Å². The van der Waals surface area contributed by atoms with Crippen LogP contribution < -0.4 is 4.46 Å². The Morgan fingerprint density at radius 2 is 2.07 bits per heavy atom. The van der Waals surface area contributed by atoms with Crippen LogP contribution in [-0.2, 0) is 4.79 Å². The van der Waals surface area contributed by atoms with Crippen LogP contribution in [0.15, 0.2) is 42.5 Å². The minimum atomic E-state index is 0.314. The first-order chi connectivity index (χ1) is 7.33. The second-order valence-corrected chi connectivity index (χ2v) is 5.45. The van der Waals surface area contributed by atoms with Crippen LogP contribution in [0.2, 0.25) is 5.32 Å². The van der Waals surface area contributed by atoms with Gasteiger partial charge in [-0.3, -0.25) is 0 Å². The molecule has 0 spiro atoms. The van der Waals surface area contributed by atoms with Crippen molar-refractivity contribution >= 4 is 25.2 Å². The fourth-order valence-corrected chi connectivity index (χ4v) is 2.89. The van der Waals surface area contributed by atoms with Crippen LogP contribution in [-0.4, -0.2) is 20.7 Å². The topological polar surface area (TPSA) is 17.1 Å². The molecule has 0 saturated carbocycles. The van der Waals surface area contributed by atoms with Gasteiger partial charge in [-0.15, -0.1) is 0 Å². The summed E-state index contributed by atoms with van der Waals surface area (Å²) in [6, 6.07) is 10.3. The Labute approximate surface area is 97.7 Å². The van der Waals surface area contributed by atoms with E-state index in [-0.39, 0.29) is 0 Å². The van der Waals surface area contributed by atoms with Crippen molar-refractivity contribution in [1.29, 1.82) is 0 Å². The van der Waals surface area contributed by atoms with Crippen molar-refractivity contribution in [3.63, 3.8) is 0 Å². The molecule has 1 rings (SSSR count). The molecule has 0 fully saturated rings. The minimum absolute atomic E-state index is 0.314. The molecule has 0 aromatic heterocycles. The molecule has 1 aromatic carbocycles. The fourth-order valence-electron chi connectivity index (χ4n) is 1.16. The third-order valence-corrected chi connectivity index (χ3v) is 4.22. The average Bonchev–Trinajstić information content (AvgIpc) is 2.28. The predicted octanol–water partition coefficient (Wildman–Crippen LogP) is 2.36. The zero-order chi connectivity index (χ0) is 10.9. The monoisotopic (exact) mass is 268 g/mol. The first kappa shape index (κ1) is 12.2. The van der Waals surface area contributed by atoms with Gasteiger partial charge in [-0.25, -0.2) is 0 Å². The molecule has 2 heteroatoms. The van der Waals surface area contributed by atoms with Gasteiger partial charge in [0, 0.05) is 0 Å². The Morgan fingerprint density at radius 3 is 2.73 bits per heavy atom. The Bertz CT molecular complexity index is 317. The maximum atomic E-state index is 11.5. The van der Waals surface area contributed by atoms with E-state index >= 15 is 0 Å². The third kappa shape index (κ3) is 5.56. The number of benzene rings is 1. The number of carbonyl (C=O) groups excluding carboxylic acids is 1. The molecule has 1 nitrogen and oxygen atoms in total. The van der Waals surface area contributed by atoms with Gasteiger partial charge >= 0.3 is 97.6 Å². The predicted molar refractivity (Wildman–Crippen MR) is 65.7 cm³/mol. The fraction of sp³-hybridized carbons (Fsp3) is 0.308. The van der Waals surface area contributed by atoms with E-state index in [0.717, 1.165) is 11.7 Å². The van der Waals surface area contributed by atoms with Crippen molar-refractivity contribution in [1.82, 2.24) is 0 Å². The molecule has 80 valence electrons. The van der Waals surface area contributed by atoms with Gasteiger partial charge in [0.1, 0.15) is 0 Å². The number of ketones is 1. The normalized spacial score (nSPS) is 10.7. The van der Waals surface area contributed by atoms with Crippen LogP contribution in [0.4, 0.5) is 0 Å². The van der Waals surface area contributed by atoms with Crippen molar-refractivity contribution in [2.24, 2.45) is 0 Å². The van der Waals surface area contributed by atoms with Crippen LogP contribution in [0.3, 0.4) is 0 Å². The van der Waals surface area contributed by atoms with Crippen molar-refractivity contribution in [3.05, 3.63) is 42.5 Å². The number of allylic oxidation sites excluding steroid dienone is 2. The number of Topliss-reactive ketones (excluding diaryl/α,β-unsaturated/α-hetero) is 1. The maximum absolute atomic E-state index is 11.5. The average molecular weight is 267 g/mol. The van der Waals surface area contributed by atoms with Gasteiger partial charge < -0.3 is 0 Å². The molecule has 0 saturated heterocycles. The van der Waals surface area contributed by atoms with E-state index in [1.807, 2.05) is 37.3 Å². The Balaban J connectivity index is 2.23. The summed E-state index contributed by atoms with van der Waals surface area (Å²) in [5, 5.41) is 0.731. The molecule has 0 radical (unpaired) electrons. The van der Waals surface area contributed by atoms with Gasteiger partial charge in [-0.05, 0) is 0 Å². The SMILES string of the molecule is C/C=C\CCC(=O)C[Se]c1ccccc1. The zero-order valence-electron chi connectivity index (χ0n) is 8.98. The number of hydrogen-bond acceptors (Lipinski definition) is 1. The number of rotatable bonds is 6. The van der Waals surface area contributed by atoms with Gasteiger partial charge in [0.25, 0.3) is 0 Å². The molecule has 0 aliphatic rings. The van der Waals surface area contributed by atoms with Crippen LogP contribution in [0.5, 0.6) is 0 Å². The van der Waals surface area contributed by atoms with Crippen LogP contribution in [0.1, 0.15) is 19.8 Å². The third-order valence-electron chi connectivity index (χ3n) is 1.97. The molecule has 0 bridgehead atoms. The molecular weight excluding hydrogens is 251 g/mol. The quantitative estimate of drug-likeness (QED) is 0.571. The van der Waals surface area contributed by atoms with E-state index in [9.17, 15) is 4.79 Å². The number of carbonyl (C=O) groups is 1. The first-order valence-corrected chi connectivity index (χ1v) is 7.20. The standard InChI is InChI=1S/C13H16OSe/c1-2-3-5-8-12(14)11-15-13-9-6-4-7-10-13/h2-4,6-7,9-10H,5,8,11H2,1H3/b3-2-. The van der Waals surface area contributed by atoms with Gasteiger partial charge in [0.2, 0.25) is 0 Å². The van der Waals surface area contributed by atoms with Crippen molar-refractivity contribution in [2.45, 2.75) is 25.1 Å². The second-order valence-electron chi connectivity index (χ2n) is 3.25. The molecule has 0 amide bonds. The molecule has 1 aromatic rings. The summed E-state index contributed by atoms with van der Waals surface area (Å²) in [6.45, 7) is 1.98. The summed E-state index contributed by atoms with van der Waals surface area (Å²) in [7, 11) is 0. The molecule has 0 aliphatic carbocycles. The summed E-state index contributed by atoms with van der Waals surface area (Å²) < 4.78 is 1.31. The molecule has 15 heavy (non-hydrogen) atoms. The van der Waals surface area contributed by atoms with Crippen LogP contribution >= 0.6 is 0 Å².